The minimum Gasteiger partial charge on any atom is -0.477 e. The normalized spacial score (nSPS) is 10.8. The Morgan fingerprint density at radius 3 is 2.86 bits per heavy atom. The highest BCUT2D eigenvalue weighted by Gasteiger charge is 2.07. The molecule has 0 aliphatic rings. The summed E-state index contributed by atoms with van der Waals surface area (Å²) in [6, 6.07) is 1.91. The minimum atomic E-state index is 0.612. The van der Waals surface area contributed by atoms with Gasteiger partial charge in [-0.2, -0.15) is 4.52 Å². The van der Waals surface area contributed by atoms with Crippen molar-refractivity contribution >= 4 is 5.65 Å². The molecule has 0 saturated carbocycles. The molecule has 0 N–H and O–H groups in total. The van der Waals surface area contributed by atoms with E-state index in [1.54, 1.807) is 4.52 Å². The lowest BCUT2D eigenvalue weighted by molar-refractivity contribution is 0.318. The molecular formula is C9H12N4O. The van der Waals surface area contributed by atoms with E-state index in [0.29, 0.717) is 12.5 Å². The van der Waals surface area contributed by atoms with Crippen LogP contribution in [0.1, 0.15) is 18.3 Å². The Hall–Kier alpha value is -1.65. The van der Waals surface area contributed by atoms with Crippen LogP contribution in [0.15, 0.2) is 6.07 Å². The van der Waals surface area contributed by atoms with E-state index in [1.807, 2.05) is 26.8 Å². The zero-order valence-electron chi connectivity index (χ0n) is 8.48. The zero-order chi connectivity index (χ0) is 10.1. The highest BCUT2D eigenvalue weighted by molar-refractivity contribution is 5.42. The average molecular weight is 192 g/mol. The molecule has 5 nitrogen and oxygen atoms in total. The van der Waals surface area contributed by atoms with Crippen LogP contribution < -0.4 is 4.74 Å². The third-order valence-electron chi connectivity index (χ3n) is 1.98. The number of hydrogen-bond acceptors (Lipinski definition) is 4. The molecule has 2 rings (SSSR count). The second kappa shape index (κ2) is 3.25. The predicted octanol–water partition coefficient (Wildman–Crippen LogP) is 1.14. The molecule has 2 aromatic rings. The van der Waals surface area contributed by atoms with E-state index in [-0.39, 0.29) is 0 Å². The molecule has 0 saturated heterocycles. The van der Waals surface area contributed by atoms with E-state index in [2.05, 4.69) is 15.3 Å². The first kappa shape index (κ1) is 8.93. The number of nitrogens with zero attached hydrogens (tertiary/aromatic N) is 4. The summed E-state index contributed by atoms with van der Waals surface area (Å²) in [5, 5.41) is 12.2. The third-order valence-corrected chi connectivity index (χ3v) is 1.98. The van der Waals surface area contributed by atoms with Crippen LogP contribution in [-0.2, 0) is 0 Å². The van der Waals surface area contributed by atoms with E-state index in [9.17, 15) is 0 Å². The summed E-state index contributed by atoms with van der Waals surface area (Å²) in [5.41, 5.74) is 1.73. The van der Waals surface area contributed by atoms with Gasteiger partial charge in [-0.3, -0.25) is 0 Å². The van der Waals surface area contributed by atoms with Crippen molar-refractivity contribution in [3.63, 3.8) is 0 Å². The van der Waals surface area contributed by atoms with Crippen molar-refractivity contribution in [2.75, 3.05) is 6.61 Å². The molecule has 5 heteroatoms. The van der Waals surface area contributed by atoms with Crippen molar-refractivity contribution in [1.82, 2.24) is 19.8 Å². The maximum absolute atomic E-state index is 5.38. The quantitative estimate of drug-likeness (QED) is 0.716. The second-order valence-corrected chi connectivity index (χ2v) is 3.08. The number of aromatic nitrogens is 4. The molecular weight excluding hydrogens is 180 g/mol. The first-order chi connectivity index (χ1) is 6.72. The smallest absolute Gasteiger partial charge is 0.234 e. The summed E-state index contributed by atoms with van der Waals surface area (Å²) < 4.78 is 7.06. The van der Waals surface area contributed by atoms with Gasteiger partial charge in [0, 0.05) is 5.56 Å². The Balaban J connectivity index is 2.61. The molecule has 0 aromatic carbocycles. The van der Waals surface area contributed by atoms with E-state index in [1.165, 1.54) is 0 Å². The van der Waals surface area contributed by atoms with Crippen LogP contribution >= 0.6 is 0 Å². The van der Waals surface area contributed by atoms with Crippen molar-refractivity contribution in [1.29, 1.82) is 0 Å². The fraction of sp³-hybridized carbons (Fsp3) is 0.444. The fourth-order valence-corrected chi connectivity index (χ4v) is 1.29. The first-order valence-corrected chi connectivity index (χ1v) is 4.55. The van der Waals surface area contributed by atoms with Crippen LogP contribution in [0, 0.1) is 13.8 Å². The van der Waals surface area contributed by atoms with Gasteiger partial charge in [0.05, 0.1) is 6.61 Å². The highest BCUT2D eigenvalue weighted by atomic mass is 16.5. The van der Waals surface area contributed by atoms with E-state index >= 15 is 0 Å². The van der Waals surface area contributed by atoms with Crippen LogP contribution in [0.5, 0.6) is 5.88 Å². The molecule has 0 bridgehead atoms. The van der Waals surface area contributed by atoms with E-state index < -0.39 is 0 Å². The van der Waals surface area contributed by atoms with E-state index in [0.717, 1.165) is 17.0 Å². The molecule has 0 spiro atoms. The van der Waals surface area contributed by atoms with Crippen LogP contribution in [0.3, 0.4) is 0 Å². The van der Waals surface area contributed by atoms with Gasteiger partial charge in [0.2, 0.25) is 5.88 Å². The lowest BCUT2D eigenvalue weighted by Gasteiger charge is -2.05. The SMILES string of the molecule is CCOc1nn2c(C)nnc2cc1C. The standard InChI is InChI=1S/C9H12N4O/c1-4-14-9-6(2)5-8-11-10-7(3)13(8)12-9/h5H,4H2,1-3H3. The Bertz CT molecular complexity index is 463. The van der Waals surface area contributed by atoms with Gasteiger partial charge in [-0.05, 0) is 26.8 Å². The Morgan fingerprint density at radius 2 is 2.14 bits per heavy atom. The van der Waals surface area contributed by atoms with Gasteiger partial charge in [-0.25, -0.2) is 0 Å². The molecule has 0 aliphatic carbocycles. The van der Waals surface area contributed by atoms with Crippen LogP contribution in [0.25, 0.3) is 5.65 Å². The molecule has 0 radical (unpaired) electrons. The van der Waals surface area contributed by atoms with Crippen LogP contribution in [0.2, 0.25) is 0 Å². The lowest BCUT2D eigenvalue weighted by atomic mass is 10.3. The van der Waals surface area contributed by atoms with Gasteiger partial charge < -0.3 is 4.74 Å². The summed E-state index contributed by atoms with van der Waals surface area (Å²) in [7, 11) is 0. The molecule has 0 aliphatic heterocycles. The van der Waals surface area contributed by atoms with Gasteiger partial charge in [-0.1, -0.05) is 0 Å². The van der Waals surface area contributed by atoms with Crippen molar-refractivity contribution in [3.8, 4) is 5.88 Å². The summed E-state index contributed by atoms with van der Waals surface area (Å²) in [5.74, 6) is 1.41. The monoisotopic (exact) mass is 192 g/mol. The van der Waals surface area contributed by atoms with Crippen LogP contribution in [-0.4, -0.2) is 26.4 Å². The molecule has 0 amide bonds. The second-order valence-electron chi connectivity index (χ2n) is 3.08. The maximum atomic E-state index is 5.38. The predicted molar refractivity (Wildman–Crippen MR) is 51.4 cm³/mol. The topological polar surface area (TPSA) is 52.3 Å². The molecule has 0 atom stereocenters. The Kier molecular flexibility index (Phi) is 2.07. The van der Waals surface area contributed by atoms with Gasteiger partial charge in [0.1, 0.15) is 0 Å². The summed E-state index contributed by atoms with van der Waals surface area (Å²) in [6.45, 7) is 6.35. The Morgan fingerprint density at radius 1 is 1.36 bits per heavy atom. The van der Waals surface area contributed by atoms with Gasteiger partial charge in [0.15, 0.2) is 11.5 Å². The summed E-state index contributed by atoms with van der Waals surface area (Å²) in [6.07, 6.45) is 0. The minimum absolute atomic E-state index is 0.612. The summed E-state index contributed by atoms with van der Waals surface area (Å²) >= 11 is 0. The Labute approximate surface area is 81.7 Å². The highest BCUT2D eigenvalue weighted by Crippen LogP contribution is 2.15. The molecule has 2 heterocycles. The molecule has 0 fully saturated rings. The fourth-order valence-electron chi connectivity index (χ4n) is 1.29. The van der Waals surface area contributed by atoms with Gasteiger partial charge in [0.25, 0.3) is 0 Å². The lowest BCUT2D eigenvalue weighted by Crippen LogP contribution is -2.02. The first-order valence-electron chi connectivity index (χ1n) is 4.55. The zero-order valence-corrected chi connectivity index (χ0v) is 8.48. The molecule has 0 unspecified atom stereocenters. The summed E-state index contributed by atoms with van der Waals surface area (Å²) in [4.78, 5) is 0. The number of fused-ring (bicyclic) bond motifs is 1. The van der Waals surface area contributed by atoms with Crippen molar-refractivity contribution < 1.29 is 4.74 Å². The van der Waals surface area contributed by atoms with Crippen molar-refractivity contribution in [3.05, 3.63) is 17.5 Å². The average Bonchev–Trinajstić information content (AvgIpc) is 2.49. The van der Waals surface area contributed by atoms with Crippen molar-refractivity contribution in [2.45, 2.75) is 20.8 Å². The van der Waals surface area contributed by atoms with Crippen molar-refractivity contribution in [2.24, 2.45) is 0 Å². The maximum Gasteiger partial charge on any atom is 0.234 e. The van der Waals surface area contributed by atoms with E-state index in [4.69, 9.17) is 4.74 Å². The number of rotatable bonds is 2. The number of hydrogen-bond donors (Lipinski definition) is 0. The molecule has 14 heavy (non-hydrogen) atoms. The molecule has 2 aromatic heterocycles. The largest absolute Gasteiger partial charge is 0.477 e. The number of aryl methyl sites for hydroxylation is 2. The number of ether oxygens (including phenoxy) is 1. The third kappa shape index (κ3) is 1.30. The molecule has 74 valence electrons. The van der Waals surface area contributed by atoms with Gasteiger partial charge >= 0.3 is 0 Å². The van der Waals surface area contributed by atoms with Gasteiger partial charge in [-0.15, -0.1) is 15.3 Å². The van der Waals surface area contributed by atoms with Crippen LogP contribution in [0.4, 0.5) is 0 Å².